The van der Waals surface area contributed by atoms with Crippen LogP contribution in [0.2, 0.25) is 0 Å². The van der Waals surface area contributed by atoms with Crippen LogP contribution in [0.5, 0.6) is 11.6 Å². The minimum atomic E-state index is -0.261. The Labute approximate surface area is 127 Å². The number of phenols is 1. The van der Waals surface area contributed by atoms with Crippen LogP contribution in [0.15, 0.2) is 54.6 Å². The molecule has 0 bridgehead atoms. The van der Waals surface area contributed by atoms with Gasteiger partial charge in [0.05, 0.1) is 18.2 Å². The fraction of sp³-hybridized carbons (Fsp3) is 0.0588. The first-order valence-corrected chi connectivity index (χ1v) is 6.71. The van der Waals surface area contributed by atoms with Crippen LogP contribution in [0.1, 0.15) is 10.4 Å². The molecule has 5 nitrogen and oxygen atoms in total. The monoisotopic (exact) mass is 294 g/mol. The summed E-state index contributed by atoms with van der Waals surface area (Å²) in [5.74, 6) is 0.270. The second kappa shape index (κ2) is 5.73. The molecule has 0 radical (unpaired) electrons. The summed E-state index contributed by atoms with van der Waals surface area (Å²) in [7, 11) is 1.51. The number of nitrogens with zero attached hydrogens (tertiary/aromatic N) is 1. The van der Waals surface area contributed by atoms with Crippen molar-refractivity contribution < 1.29 is 14.6 Å². The Hall–Kier alpha value is -3.08. The number of carbonyl (C=O) groups is 1. The van der Waals surface area contributed by atoms with Gasteiger partial charge in [0.25, 0.3) is 5.91 Å². The maximum atomic E-state index is 12.5. The van der Waals surface area contributed by atoms with Crippen molar-refractivity contribution in [3.8, 4) is 11.6 Å². The van der Waals surface area contributed by atoms with Gasteiger partial charge in [-0.05, 0) is 30.3 Å². The lowest BCUT2D eigenvalue weighted by Gasteiger charge is -2.10. The van der Waals surface area contributed by atoms with E-state index in [1.807, 2.05) is 24.3 Å². The summed E-state index contributed by atoms with van der Waals surface area (Å²) >= 11 is 0. The summed E-state index contributed by atoms with van der Waals surface area (Å²) in [6.07, 6.45) is 0. The van der Waals surface area contributed by atoms with E-state index >= 15 is 0 Å². The van der Waals surface area contributed by atoms with Crippen LogP contribution >= 0.6 is 0 Å². The molecule has 22 heavy (non-hydrogen) atoms. The number of hydrogen-bond donors (Lipinski definition) is 2. The van der Waals surface area contributed by atoms with E-state index in [0.717, 1.165) is 5.39 Å². The number of pyridine rings is 1. The minimum Gasteiger partial charge on any atom is -0.508 e. The van der Waals surface area contributed by atoms with E-state index in [-0.39, 0.29) is 11.7 Å². The highest BCUT2D eigenvalue weighted by molar-refractivity contribution is 6.12. The molecule has 3 rings (SSSR count). The van der Waals surface area contributed by atoms with Crippen molar-refractivity contribution in [2.24, 2.45) is 0 Å². The summed E-state index contributed by atoms with van der Waals surface area (Å²) in [6.45, 7) is 0. The molecule has 1 heterocycles. The molecule has 0 spiro atoms. The van der Waals surface area contributed by atoms with Crippen LogP contribution in [-0.2, 0) is 0 Å². The zero-order chi connectivity index (χ0) is 15.5. The summed E-state index contributed by atoms with van der Waals surface area (Å²) in [5, 5.41) is 12.8. The highest BCUT2D eigenvalue weighted by Gasteiger charge is 2.13. The molecule has 0 aliphatic rings. The maximum Gasteiger partial charge on any atom is 0.256 e. The van der Waals surface area contributed by atoms with Gasteiger partial charge in [-0.1, -0.05) is 18.2 Å². The first kappa shape index (κ1) is 13.9. The largest absolute Gasteiger partial charge is 0.508 e. The number of phenolic OH excluding ortho intramolecular Hbond substituents is 1. The van der Waals surface area contributed by atoms with Gasteiger partial charge >= 0.3 is 0 Å². The fourth-order valence-corrected chi connectivity index (χ4v) is 2.19. The Balaban J connectivity index is 2.01. The zero-order valence-corrected chi connectivity index (χ0v) is 11.9. The third-order valence-electron chi connectivity index (χ3n) is 3.27. The van der Waals surface area contributed by atoms with Crippen LogP contribution in [0.3, 0.4) is 0 Å². The number of hydrogen-bond acceptors (Lipinski definition) is 4. The van der Waals surface area contributed by atoms with E-state index in [1.54, 1.807) is 18.2 Å². The quantitative estimate of drug-likeness (QED) is 0.728. The summed E-state index contributed by atoms with van der Waals surface area (Å²) in [6, 6.07) is 15.3. The molecule has 3 aromatic rings. The molecule has 5 heteroatoms. The molecule has 0 saturated carbocycles. The summed E-state index contributed by atoms with van der Waals surface area (Å²) in [5.41, 5.74) is 1.77. The maximum absolute atomic E-state index is 12.5. The van der Waals surface area contributed by atoms with Crippen LogP contribution in [0.25, 0.3) is 10.9 Å². The van der Waals surface area contributed by atoms with E-state index in [4.69, 9.17) is 4.74 Å². The van der Waals surface area contributed by atoms with Crippen LogP contribution in [-0.4, -0.2) is 23.1 Å². The van der Waals surface area contributed by atoms with E-state index < -0.39 is 0 Å². The highest BCUT2D eigenvalue weighted by Crippen LogP contribution is 2.23. The number of fused-ring (bicyclic) bond motifs is 1. The zero-order valence-electron chi connectivity index (χ0n) is 11.9. The van der Waals surface area contributed by atoms with Crippen LogP contribution < -0.4 is 10.1 Å². The molecular formula is C17H14N2O3. The number of aromatic nitrogens is 1. The molecule has 110 valence electrons. The third-order valence-corrected chi connectivity index (χ3v) is 3.27. The lowest BCUT2D eigenvalue weighted by molar-refractivity contribution is 0.102. The van der Waals surface area contributed by atoms with Gasteiger partial charge in [-0.15, -0.1) is 0 Å². The van der Waals surface area contributed by atoms with Gasteiger partial charge in [-0.25, -0.2) is 4.98 Å². The topological polar surface area (TPSA) is 71.5 Å². The normalized spacial score (nSPS) is 10.4. The number of ether oxygens (including phenoxy) is 1. The Kier molecular flexibility index (Phi) is 3.62. The fourth-order valence-electron chi connectivity index (χ4n) is 2.19. The molecule has 0 atom stereocenters. The van der Waals surface area contributed by atoms with Gasteiger partial charge < -0.3 is 15.2 Å². The molecule has 1 amide bonds. The van der Waals surface area contributed by atoms with E-state index in [0.29, 0.717) is 22.6 Å². The number of para-hydroxylation sites is 1. The number of carbonyl (C=O) groups excluding carboxylic acids is 1. The van der Waals surface area contributed by atoms with E-state index in [1.165, 1.54) is 19.2 Å². The Morgan fingerprint density at radius 3 is 2.59 bits per heavy atom. The Bertz CT molecular complexity index is 829. The molecule has 1 aromatic heterocycles. The SMILES string of the molecule is COc1cc(C(=O)Nc2ccc(O)cc2)c2ccccc2n1. The number of benzene rings is 2. The lowest BCUT2D eigenvalue weighted by atomic mass is 10.1. The molecule has 2 aromatic carbocycles. The number of nitrogens with one attached hydrogen (secondary N) is 1. The molecule has 0 saturated heterocycles. The van der Waals surface area contributed by atoms with Crippen LogP contribution in [0, 0.1) is 0 Å². The van der Waals surface area contributed by atoms with Gasteiger partial charge in [0.1, 0.15) is 5.75 Å². The van der Waals surface area contributed by atoms with E-state index in [2.05, 4.69) is 10.3 Å². The predicted octanol–water partition coefficient (Wildman–Crippen LogP) is 3.20. The smallest absolute Gasteiger partial charge is 0.256 e. The molecular weight excluding hydrogens is 280 g/mol. The average molecular weight is 294 g/mol. The molecule has 2 N–H and O–H groups in total. The lowest BCUT2D eigenvalue weighted by Crippen LogP contribution is -2.13. The Morgan fingerprint density at radius 2 is 1.86 bits per heavy atom. The molecule has 0 fully saturated rings. The van der Waals surface area contributed by atoms with Crippen molar-refractivity contribution in [2.45, 2.75) is 0 Å². The van der Waals surface area contributed by atoms with Gasteiger partial charge in [-0.3, -0.25) is 4.79 Å². The summed E-state index contributed by atoms with van der Waals surface area (Å²) < 4.78 is 5.15. The van der Waals surface area contributed by atoms with Crippen molar-refractivity contribution in [3.05, 3.63) is 60.2 Å². The van der Waals surface area contributed by atoms with Crippen molar-refractivity contribution in [1.82, 2.24) is 4.98 Å². The van der Waals surface area contributed by atoms with Crippen LogP contribution in [0.4, 0.5) is 5.69 Å². The molecule has 0 aliphatic heterocycles. The van der Waals surface area contributed by atoms with Gasteiger partial charge in [-0.2, -0.15) is 0 Å². The average Bonchev–Trinajstić information content (AvgIpc) is 2.55. The highest BCUT2D eigenvalue weighted by atomic mass is 16.5. The molecule has 0 unspecified atom stereocenters. The van der Waals surface area contributed by atoms with Gasteiger partial charge in [0, 0.05) is 17.1 Å². The third kappa shape index (κ3) is 2.69. The van der Waals surface area contributed by atoms with Crippen molar-refractivity contribution in [2.75, 3.05) is 12.4 Å². The summed E-state index contributed by atoms with van der Waals surface area (Å²) in [4.78, 5) is 16.8. The minimum absolute atomic E-state index is 0.147. The second-order valence-electron chi connectivity index (χ2n) is 4.73. The number of aromatic hydroxyl groups is 1. The number of methoxy groups -OCH3 is 1. The Morgan fingerprint density at radius 1 is 1.14 bits per heavy atom. The van der Waals surface area contributed by atoms with E-state index in [9.17, 15) is 9.90 Å². The standard InChI is InChI=1S/C17H14N2O3/c1-22-16-10-14(13-4-2-3-5-15(13)19-16)17(21)18-11-6-8-12(20)9-7-11/h2-10,20H,1H3,(H,18,21). The van der Waals surface area contributed by atoms with Gasteiger partial charge in [0.2, 0.25) is 5.88 Å². The van der Waals surface area contributed by atoms with Crippen molar-refractivity contribution in [3.63, 3.8) is 0 Å². The van der Waals surface area contributed by atoms with Crippen molar-refractivity contribution in [1.29, 1.82) is 0 Å². The number of amides is 1. The number of rotatable bonds is 3. The number of anilines is 1. The second-order valence-corrected chi connectivity index (χ2v) is 4.73. The van der Waals surface area contributed by atoms with Crippen molar-refractivity contribution >= 4 is 22.5 Å². The first-order chi connectivity index (χ1) is 10.7. The predicted molar refractivity (Wildman–Crippen MR) is 84.4 cm³/mol. The molecule has 0 aliphatic carbocycles. The first-order valence-electron chi connectivity index (χ1n) is 6.71. The van der Waals surface area contributed by atoms with Gasteiger partial charge in [0.15, 0.2) is 0 Å².